The lowest BCUT2D eigenvalue weighted by atomic mass is 9.89. The molecule has 4 aromatic rings. The van der Waals surface area contributed by atoms with Crippen LogP contribution in [0.25, 0.3) is 32.9 Å². The Morgan fingerprint density at radius 3 is 2.00 bits per heavy atom. The van der Waals surface area contributed by atoms with Gasteiger partial charge >= 0.3 is 18.6 Å². The van der Waals surface area contributed by atoms with Gasteiger partial charge in [-0.1, -0.05) is 36.4 Å². The first-order valence-corrected chi connectivity index (χ1v) is 9.78. The van der Waals surface area contributed by atoms with Crippen molar-refractivity contribution in [3.05, 3.63) is 72.5 Å². The predicted molar refractivity (Wildman–Crippen MR) is 119 cm³/mol. The fourth-order valence-corrected chi connectivity index (χ4v) is 3.29. The summed E-state index contributed by atoms with van der Waals surface area (Å²) in [5.74, 6) is 1.84. The molecule has 0 saturated carbocycles. The molecule has 31 heavy (non-hydrogen) atoms. The van der Waals surface area contributed by atoms with Crippen molar-refractivity contribution in [3.8, 4) is 16.9 Å². The van der Waals surface area contributed by atoms with Crippen LogP contribution in [0.15, 0.2) is 71.1 Å². The zero-order chi connectivity index (χ0) is 22.8. The molecule has 0 bridgehead atoms. The number of rotatable bonds is 2. The highest BCUT2D eigenvalue weighted by Crippen LogP contribution is 2.38. The minimum absolute atomic E-state index is 0.0770. The molecule has 0 atom stereocenters. The highest BCUT2D eigenvalue weighted by Gasteiger charge is 2.30. The summed E-state index contributed by atoms with van der Waals surface area (Å²) < 4.78 is 50.7. The quantitative estimate of drug-likeness (QED) is 0.138. The second kappa shape index (κ2) is 8.57. The highest BCUT2D eigenvalue weighted by atomic mass is 19.5. The summed E-state index contributed by atoms with van der Waals surface area (Å²) in [6.45, 7) is 6.54. The van der Waals surface area contributed by atoms with Crippen molar-refractivity contribution in [2.24, 2.45) is 0 Å². The van der Waals surface area contributed by atoms with Crippen LogP contribution in [0.4, 0.5) is 17.3 Å². The van der Waals surface area contributed by atoms with Crippen molar-refractivity contribution in [2.75, 3.05) is 7.11 Å². The Kier molecular flexibility index (Phi) is 6.25. The summed E-state index contributed by atoms with van der Waals surface area (Å²) >= 11 is 0. The molecule has 3 aromatic carbocycles. The summed E-state index contributed by atoms with van der Waals surface area (Å²) in [6, 6.07) is 23.1. The lowest BCUT2D eigenvalue weighted by Crippen LogP contribution is -2.11. The standard InChI is InChI=1S/C24H23O2.BF4/c1-24(2,3)22-15-21(17-9-12-18(25-4)13-10-17)20-14-11-16-7-5-6-8-19(16)23(20)26-22;2-1(3,4)5/h5-15H,1-4H3;/q+1;-1. The monoisotopic (exact) mass is 430 g/mol. The molecule has 0 aliphatic carbocycles. The van der Waals surface area contributed by atoms with E-state index in [0.29, 0.717) is 0 Å². The van der Waals surface area contributed by atoms with Crippen molar-refractivity contribution in [1.29, 1.82) is 0 Å². The Morgan fingerprint density at radius 2 is 1.42 bits per heavy atom. The van der Waals surface area contributed by atoms with E-state index in [1.165, 1.54) is 10.9 Å². The molecule has 1 heterocycles. The van der Waals surface area contributed by atoms with E-state index in [1.807, 2.05) is 12.1 Å². The molecule has 0 N–H and O–H groups in total. The fourth-order valence-electron chi connectivity index (χ4n) is 3.29. The number of fused-ring (bicyclic) bond motifs is 3. The van der Waals surface area contributed by atoms with Gasteiger partial charge < -0.3 is 22.0 Å². The Bertz CT molecular complexity index is 1190. The van der Waals surface area contributed by atoms with Crippen LogP contribution in [0.2, 0.25) is 0 Å². The smallest absolute Gasteiger partial charge is 0.497 e. The third-order valence-corrected chi connectivity index (χ3v) is 4.80. The van der Waals surface area contributed by atoms with Crippen molar-refractivity contribution in [2.45, 2.75) is 26.2 Å². The molecule has 0 aliphatic heterocycles. The van der Waals surface area contributed by atoms with Crippen LogP contribution in [0.5, 0.6) is 5.75 Å². The molecule has 4 rings (SSSR count). The van der Waals surface area contributed by atoms with Gasteiger partial charge in [-0.2, -0.15) is 0 Å². The van der Waals surface area contributed by atoms with E-state index in [0.717, 1.165) is 33.4 Å². The lowest BCUT2D eigenvalue weighted by Gasteiger charge is -2.12. The largest absolute Gasteiger partial charge is 0.673 e. The third kappa shape index (κ3) is 5.54. The van der Waals surface area contributed by atoms with E-state index < -0.39 is 7.25 Å². The minimum atomic E-state index is -6.00. The summed E-state index contributed by atoms with van der Waals surface area (Å²) in [5, 5.41) is 3.46. The maximum Gasteiger partial charge on any atom is 0.673 e. The van der Waals surface area contributed by atoms with Crippen LogP contribution in [-0.2, 0) is 5.41 Å². The van der Waals surface area contributed by atoms with Crippen molar-refractivity contribution < 1.29 is 26.4 Å². The number of benzene rings is 3. The van der Waals surface area contributed by atoms with E-state index in [1.54, 1.807) is 7.11 Å². The van der Waals surface area contributed by atoms with Crippen LogP contribution in [0, 0.1) is 0 Å². The first-order valence-electron chi connectivity index (χ1n) is 9.78. The molecule has 0 saturated heterocycles. The zero-order valence-electron chi connectivity index (χ0n) is 17.8. The van der Waals surface area contributed by atoms with Crippen molar-refractivity contribution >= 4 is 29.0 Å². The SMILES string of the molecule is COc1ccc(-c2cc(C(C)(C)C)[o+]c3c2ccc2ccccc23)cc1.F[B-](F)(F)F. The van der Waals surface area contributed by atoms with E-state index in [9.17, 15) is 17.3 Å². The molecule has 0 aliphatic rings. The van der Waals surface area contributed by atoms with Gasteiger partial charge in [0.05, 0.1) is 23.3 Å². The summed E-state index contributed by atoms with van der Waals surface area (Å²) in [6.07, 6.45) is 0. The van der Waals surface area contributed by atoms with Gasteiger partial charge in [0, 0.05) is 11.6 Å². The van der Waals surface area contributed by atoms with Crippen molar-refractivity contribution in [1.82, 2.24) is 0 Å². The summed E-state index contributed by atoms with van der Waals surface area (Å²) in [4.78, 5) is 0. The Morgan fingerprint density at radius 1 is 0.806 bits per heavy atom. The van der Waals surface area contributed by atoms with E-state index in [2.05, 4.69) is 75.4 Å². The third-order valence-electron chi connectivity index (χ3n) is 4.80. The van der Waals surface area contributed by atoms with Gasteiger partial charge in [-0.25, -0.2) is 4.42 Å². The van der Waals surface area contributed by atoms with Crippen LogP contribution >= 0.6 is 0 Å². The maximum absolute atomic E-state index is 9.75. The number of hydrogen-bond acceptors (Lipinski definition) is 1. The van der Waals surface area contributed by atoms with E-state index >= 15 is 0 Å². The molecule has 0 spiro atoms. The van der Waals surface area contributed by atoms with Crippen LogP contribution in [0.1, 0.15) is 26.5 Å². The molecule has 162 valence electrons. The highest BCUT2D eigenvalue weighted by molar-refractivity contribution is 6.50. The fraction of sp³-hybridized carbons (Fsp3) is 0.208. The average Bonchev–Trinajstić information content (AvgIpc) is 2.71. The first kappa shape index (κ1) is 22.6. The molecule has 2 nitrogen and oxygen atoms in total. The normalized spacial score (nSPS) is 11.9. The Labute approximate surface area is 178 Å². The van der Waals surface area contributed by atoms with Gasteiger partial charge in [-0.15, -0.1) is 0 Å². The minimum Gasteiger partial charge on any atom is -0.497 e. The topological polar surface area (TPSA) is 20.5 Å². The molecule has 0 amide bonds. The Balaban J connectivity index is 0.000000491. The van der Waals surface area contributed by atoms with E-state index in [-0.39, 0.29) is 5.41 Å². The summed E-state index contributed by atoms with van der Waals surface area (Å²) in [7, 11) is -4.31. The zero-order valence-corrected chi connectivity index (χ0v) is 17.8. The molecular weight excluding hydrogens is 407 g/mol. The van der Waals surface area contributed by atoms with Gasteiger partial charge in [0.1, 0.15) is 5.75 Å². The molecule has 0 fully saturated rings. The summed E-state index contributed by atoms with van der Waals surface area (Å²) in [5.41, 5.74) is 3.21. The molecule has 7 heteroatoms. The van der Waals surface area contributed by atoms with E-state index in [4.69, 9.17) is 9.15 Å². The molecule has 0 radical (unpaired) electrons. The second-order valence-corrected chi connectivity index (χ2v) is 8.16. The van der Waals surface area contributed by atoms with Gasteiger partial charge in [-0.3, -0.25) is 0 Å². The van der Waals surface area contributed by atoms with Gasteiger partial charge in [0.2, 0.25) is 0 Å². The van der Waals surface area contributed by atoms with Crippen LogP contribution in [0.3, 0.4) is 0 Å². The van der Waals surface area contributed by atoms with Gasteiger partial charge in [0.15, 0.2) is 0 Å². The number of halogens is 4. The van der Waals surface area contributed by atoms with Crippen LogP contribution in [-0.4, -0.2) is 14.4 Å². The molecule has 1 aromatic heterocycles. The lowest BCUT2D eigenvalue weighted by molar-refractivity contribution is 0.368. The molecule has 0 unspecified atom stereocenters. The number of methoxy groups -OCH3 is 1. The maximum atomic E-state index is 9.75. The number of hydrogen-bond donors (Lipinski definition) is 0. The predicted octanol–water partition coefficient (Wildman–Crippen LogP) is 8.14. The number of ether oxygens (including phenoxy) is 1. The van der Waals surface area contributed by atoms with Crippen molar-refractivity contribution in [3.63, 3.8) is 0 Å². The van der Waals surface area contributed by atoms with Gasteiger partial charge in [0.25, 0.3) is 0 Å². The Hall–Kier alpha value is -3.09. The van der Waals surface area contributed by atoms with Gasteiger partial charge in [-0.05, 0) is 56.0 Å². The second-order valence-electron chi connectivity index (χ2n) is 8.16. The first-order chi connectivity index (χ1) is 14.5. The van der Waals surface area contributed by atoms with Crippen LogP contribution < -0.4 is 4.74 Å². The molecular formula is C24H23BF4O2. The average molecular weight is 430 g/mol.